The first-order chi connectivity index (χ1) is 12.4. The van der Waals surface area contributed by atoms with Crippen LogP contribution < -0.4 is 20.7 Å². The van der Waals surface area contributed by atoms with Gasteiger partial charge in [0.15, 0.2) is 0 Å². The van der Waals surface area contributed by atoms with Gasteiger partial charge in [-0.1, -0.05) is 19.1 Å². The van der Waals surface area contributed by atoms with Gasteiger partial charge in [0.05, 0.1) is 12.8 Å². The Kier molecular flexibility index (Phi) is 6.60. The van der Waals surface area contributed by atoms with E-state index < -0.39 is 6.04 Å². The monoisotopic (exact) mass is 355 g/mol. The van der Waals surface area contributed by atoms with Crippen LogP contribution in [0.4, 0.5) is 17.1 Å². The van der Waals surface area contributed by atoms with E-state index in [0.717, 1.165) is 12.1 Å². The number of ether oxygens (including phenoxy) is 1. The highest BCUT2D eigenvalue weighted by atomic mass is 16.5. The van der Waals surface area contributed by atoms with Crippen LogP contribution in [0.3, 0.4) is 0 Å². The number of carbonyl (C=O) groups excluding carboxylic acids is 2. The molecule has 6 heteroatoms. The van der Waals surface area contributed by atoms with Crippen molar-refractivity contribution < 1.29 is 14.3 Å². The second-order valence-corrected chi connectivity index (χ2v) is 6.00. The van der Waals surface area contributed by atoms with Gasteiger partial charge in [-0.05, 0) is 49.2 Å². The van der Waals surface area contributed by atoms with Crippen molar-refractivity contribution in [3.8, 4) is 5.75 Å². The first-order valence-electron chi connectivity index (χ1n) is 8.55. The largest absolute Gasteiger partial charge is 0.495 e. The molecule has 138 valence electrons. The van der Waals surface area contributed by atoms with Gasteiger partial charge in [-0.3, -0.25) is 9.59 Å². The van der Waals surface area contributed by atoms with E-state index in [2.05, 4.69) is 22.9 Å². The first kappa shape index (κ1) is 19.3. The third kappa shape index (κ3) is 5.24. The number of hydrogen-bond donors (Lipinski definition) is 3. The van der Waals surface area contributed by atoms with Gasteiger partial charge < -0.3 is 20.7 Å². The normalized spacial score (nSPS) is 11.4. The minimum absolute atomic E-state index is 0.164. The zero-order valence-electron chi connectivity index (χ0n) is 15.6. The highest BCUT2D eigenvalue weighted by molar-refractivity contribution is 5.96. The zero-order chi connectivity index (χ0) is 19.1. The predicted molar refractivity (Wildman–Crippen MR) is 105 cm³/mol. The topological polar surface area (TPSA) is 79.5 Å². The number of anilines is 3. The standard InChI is InChI=1S/C20H25N3O3/c1-5-15-6-8-16(9-7-15)23-20(25)13(2)21-18-12-17(22-14(3)24)10-11-19(18)26-4/h6-13,21H,5H2,1-4H3,(H,22,24)(H,23,25)/t13-/m0/s1. The highest BCUT2D eigenvalue weighted by Gasteiger charge is 2.15. The van der Waals surface area contributed by atoms with Gasteiger partial charge in [-0.2, -0.15) is 0 Å². The van der Waals surface area contributed by atoms with Gasteiger partial charge in [0, 0.05) is 18.3 Å². The predicted octanol–water partition coefficient (Wildman–Crippen LogP) is 3.66. The average Bonchev–Trinajstić information content (AvgIpc) is 2.62. The van der Waals surface area contributed by atoms with E-state index in [9.17, 15) is 9.59 Å². The van der Waals surface area contributed by atoms with Crippen LogP contribution in [0.5, 0.6) is 5.75 Å². The summed E-state index contributed by atoms with van der Waals surface area (Å²) >= 11 is 0. The van der Waals surface area contributed by atoms with Crippen LogP contribution in [0.15, 0.2) is 42.5 Å². The van der Waals surface area contributed by atoms with E-state index >= 15 is 0 Å². The Bertz CT molecular complexity index is 772. The summed E-state index contributed by atoms with van der Waals surface area (Å²) in [7, 11) is 1.55. The summed E-state index contributed by atoms with van der Waals surface area (Å²) < 4.78 is 5.32. The van der Waals surface area contributed by atoms with Crippen molar-refractivity contribution in [3.05, 3.63) is 48.0 Å². The molecule has 0 aliphatic rings. The Morgan fingerprint density at radius 1 is 1.04 bits per heavy atom. The molecule has 0 saturated carbocycles. The number of aryl methyl sites for hydroxylation is 1. The molecule has 0 aliphatic heterocycles. The molecule has 2 rings (SSSR count). The van der Waals surface area contributed by atoms with E-state index in [1.165, 1.54) is 12.5 Å². The molecule has 3 N–H and O–H groups in total. The molecule has 0 heterocycles. The number of nitrogens with one attached hydrogen (secondary N) is 3. The summed E-state index contributed by atoms with van der Waals surface area (Å²) in [6.07, 6.45) is 0.955. The second-order valence-electron chi connectivity index (χ2n) is 6.00. The molecule has 2 aromatic rings. The second kappa shape index (κ2) is 8.89. The summed E-state index contributed by atoms with van der Waals surface area (Å²) in [5.41, 5.74) is 3.22. The van der Waals surface area contributed by atoms with Crippen molar-refractivity contribution in [3.63, 3.8) is 0 Å². The van der Waals surface area contributed by atoms with E-state index in [1.807, 2.05) is 24.3 Å². The van der Waals surface area contributed by atoms with Crippen molar-refractivity contribution in [1.29, 1.82) is 0 Å². The smallest absolute Gasteiger partial charge is 0.246 e. The SMILES string of the molecule is CCc1ccc(NC(=O)[C@H](C)Nc2cc(NC(C)=O)ccc2OC)cc1. The number of amides is 2. The number of methoxy groups -OCH3 is 1. The molecule has 0 unspecified atom stereocenters. The van der Waals surface area contributed by atoms with Crippen LogP contribution in [-0.4, -0.2) is 25.0 Å². The van der Waals surface area contributed by atoms with E-state index in [4.69, 9.17) is 4.74 Å². The van der Waals surface area contributed by atoms with Crippen molar-refractivity contribution >= 4 is 28.9 Å². The lowest BCUT2D eigenvalue weighted by atomic mass is 10.1. The molecule has 0 fully saturated rings. The Morgan fingerprint density at radius 2 is 1.69 bits per heavy atom. The lowest BCUT2D eigenvalue weighted by molar-refractivity contribution is -0.116. The third-order valence-electron chi connectivity index (χ3n) is 3.91. The molecule has 0 bridgehead atoms. The van der Waals surface area contributed by atoms with Gasteiger partial charge >= 0.3 is 0 Å². The fraction of sp³-hybridized carbons (Fsp3) is 0.300. The van der Waals surface area contributed by atoms with Gasteiger partial charge in [0.2, 0.25) is 11.8 Å². The molecule has 0 aliphatic carbocycles. The van der Waals surface area contributed by atoms with Crippen LogP contribution >= 0.6 is 0 Å². The lowest BCUT2D eigenvalue weighted by Gasteiger charge is -2.18. The third-order valence-corrected chi connectivity index (χ3v) is 3.91. The summed E-state index contributed by atoms with van der Waals surface area (Å²) in [4.78, 5) is 23.7. The molecule has 0 spiro atoms. The van der Waals surface area contributed by atoms with Gasteiger partial charge in [0.25, 0.3) is 0 Å². The molecular weight excluding hydrogens is 330 g/mol. The number of carbonyl (C=O) groups is 2. The Hall–Kier alpha value is -3.02. The van der Waals surface area contributed by atoms with Gasteiger partial charge in [-0.15, -0.1) is 0 Å². The van der Waals surface area contributed by atoms with Crippen LogP contribution in [0.2, 0.25) is 0 Å². The molecule has 26 heavy (non-hydrogen) atoms. The van der Waals surface area contributed by atoms with Crippen molar-refractivity contribution in [2.24, 2.45) is 0 Å². The molecule has 6 nitrogen and oxygen atoms in total. The maximum Gasteiger partial charge on any atom is 0.246 e. The maximum atomic E-state index is 12.4. The summed E-state index contributed by atoms with van der Waals surface area (Å²) in [5.74, 6) is 0.259. The lowest BCUT2D eigenvalue weighted by Crippen LogP contribution is -2.32. The molecule has 1 atom stereocenters. The molecule has 0 radical (unpaired) electrons. The van der Waals surface area contributed by atoms with E-state index in [1.54, 1.807) is 32.2 Å². The summed E-state index contributed by atoms with van der Waals surface area (Å²) in [5, 5.41) is 8.73. The zero-order valence-corrected chi connectivity index (χ0v) is 15.6. The van der Waals surface area contributed by atoms with Crippen molar-refractivity contribution in [2.45, 2.75) is 33.2 Å². The number of hydrogen-bond acceptors (Lipinski definition) is 4. The highest BCUT2D eigenvalue weighted by Crippen LogP contribution is 2.28. The van der Waals surface area contributed by atoms with Crippen molar-refractivity contribution in [2.75, 3.05) is 23.1 Å². The van der Waals surface area contributed by atoms with Gasteiger partial charge in [-0.25, -0.2) is 0 Å². The fourth-order valence-corrected chi connectivity index (χ4v) is 2.47. The minimum atomic E-state index is -0.498. The first-order valence-corrected chi connectivity index (χ1v) is 8.55. The molecule has 0 aromatic heterocycles. The summed E-state index contributed by atoms with van der Waals surface area (Å²) in [6.45, 7) is 5.29. The Morgan fingerprint density at radius 3 is 2.27 bits per heavy atom. The van der Waals surface area contributed by atoms with Gasteiger partial charge in [0.1, 0.15) is 11.8 Å². The van der Waals surface area contributed by atoms with Crippen LogP contribution in [0.1, 0.15) is 26.3 Å². The van der Waals surface area contributed by atoms with Crippen LogP contribution in [-0.2, 0) is 16.0 Å². The molecule has 0 saturated heterocycles. The van der Waals surface area contributed by atoms with Crippen LogP contribution in [0, 0.1) is 0 Å². The maximum absolute atomic E-state index is 12.4. The Balaban J connectivity index is 2.08. The average molecular weight is 355 g/mol. The summed E-state index contributed by atoms with van der Waals surface area (Å²) in [6, 6.07) is 12.5. The van der Waals surface area contributed by atoms with E-state index in [0.29, 0.717) is 17.1 Å². The minimum Gasteiger partial charge on any atom is -0.495 e. The molecule has 2 aromatic carbocycles. The number of benzene rings is 2. The quantitative estimate of drug-likeness (QED) is 0.708. The molecular formula is C20H25N3O3. The number of rotatable bonds is 7. The van der Waals surface area contributed by atoms with Crippen LogP contribution in [0.25, 0.3) is 0 Å². The van der Waals surface area contributed by atoms with E-state index in [-0.39, 0.29) is 11.8 Å². The Labute approximate surface area is 153 Å². The van der Waals surface area contributed by atoms with Crippen molar-refractivity contribution in [1.82, 2.24) is 0 Å². The molecule has 2 amide bonds. The fourth-order valence-electron chi connectivity index (χ4n) is 2.47.